The Balaban J connectivity index is 2.32. The van der Waals surface area contributed by atoms with Crippen molar-refractivity contribution in [2.24, 2.45) is 5.41 Å². The SMILES string of the molecule is CCCCCCCCCCOC(=O)C(C)(C)C(=O)Oc1cccc(CC)c1. The number of unbranched alkanes of at least 4 members (excludes halogenated alkanes) is 7. The lowest BCUT2D eigenvalue weighted by atomic mass is 9.94. The van der Waals surface area contributed by atoms with E-state index in [1.54, 1.807) is 19.9 Å². The van der Waals surface area contributed by atoms with E-state index in [0.717, 1.165) is 24.8 Å². The third-order valence-electron chi connectivity index (χ3n) is 4.77. The van der Waals surface area contributed by atoms with Gasteiger partial charge in [0.25, 0.3) is 0 Å². The maximum absolute atomic E-state index is 12.4. The summed E-state index contributed by atoms with van der Waals surface area (Å²) in [5.74, 6) is -0.651. The normalized spacial score (nSPS) is 11.3. The highest BCUT2D eigenvalue weighted by Gasteiger charge is 2.39. The molecule has 0 atom stereocenters. The number of rotatable bonds is 13. The van der Waals surface area contributed by atoms with Crippen LogP contribution in [0.15, 0.2) is 24.3 Å². The largest absolute Gasteiger partial charge is 0.465 e. The molecule has 1 aromatic carbocycles. The molecule has 4 nitrogen and oxygen atoms in total. The Morgan fingerprint density at radius 3 is 2.15 bits per heavy atom. The van der Waals surface area contributed by atoms with Crippen LogP contribution >= 0.6 is 0 Å². The van der Waals surface area contributed by atoms with Gasteiger partial charge in [-0.15, -0.1) is 0 Å². The lowest BCUT2D eigenvalue weighted by Gasteiger charge is -2.20. The van der Waals surface area contributed by atoms with Crippen molar-refractivity contribution in [3.8, 4) is 5.75 Å². The molecule has 0 aliphatic carbocycles. The number of aryl methyl sites for hydroxylation is 1. The third kappa shape index (κ3) is 8.59. The highest BCUT2D eigenvalue weighted by molar-refractivity contribution is 5.99. The fraction of sp³-hybridized carbons (Fsp3) is 0.652. The minimum absolute atomic E-state index is 0.357. The van der Waals surface area contributed by atoms with Gasteiger partial charge in [0.05, 0.1) is 6.61 Å². The Kier molecular flexibility index (Phi) is 10.8. The first-order valence-corrected chi connectivity index (χ1v) is 10.4. The average Bonchev–Trinajstić information content (AvgIpc) is 2.66. The van der Waals surface area contributed by atoms with E-state index in [1.165, 1.54) is 38.5 Å². The van der Waals surface area contributed by atoms with Gasteiger partial charge in [-0.3, -0.25) is 9.59 Å². The van der Waals surface area contributed by atoms with Gasteiger partial charge in [0.15, 0.2) is 5.41 Å². The van der Waals surface area contributed by atoms with E-state index in [4.69, 9.17) is 9.47 Å². The van der Waals surface area contributed by atoms with Gasteiger partial charge in [-0.25, -0.2) is 0 Å². The highest BCUT2D eigenvalue weighted by atomic mass is 16.6. The third-order valence-corrected chi connectivity index (χ3v) is 4.77. The molecule has 0 amide bonds. The van der Waals surface area contributed by atoms with Crippen LogP contribution in [0, 0.1) is 5.41 Å². The molecule has 1 rings (SSSR count). The number of esters is 2. The van der Waals surface area contributed by atoms with Gasteiger partial charge >= 0.3 is 11.9 Å². The molecule has 27 heavy (non-hydrogen) atoms. The summed E-state index contributed by atoms with van der Waals surface area (Å²) in [5, 5.41) is 0. The summed E-state index contributed by atoms with van der Waals surface area (Å²) in [6.45, 7) is 7.71. The number of benzene rings is 1. The van der Waals surface area contributed by atoms with Crippen LogP contribution in [0.1, 0.15) is 84.6 Å². The fourth-order valence-electron chi connectivity index (χ4n) is 2.73. The van der Waals surface area contributed by atoms with Crippen LogP contribution in [0.5, 0.6) is 5.75 Å². The van der Waals surface area contributed by atoms with Crippen LogP contribution in [0.3, 0.4) is 0 Å². The molecule has 0 aliphatic heterocycles. The number of hydrogen-bond acceptors (Lipinski definition) is 4. The Bertz CT molecular complexity index is 577. The lowest BCUT2D eigenvalue weighted by molar-refractivity contribution is -0.164. The maximum atomic E-state index is 12.4. The quantitative estimate of drug-likeness (QED) is 0.187. The molecule has 0 N–H and O–H groups in total. The highest BCUT2D eigenvalue weighted by Crippen LogP contribution is 2.23. The molecule has 152 valence electrons. The summed E-state index contributed by atoms with van der Waals surface area (Å²) in [7, 11) is 0. The van der Waals surface area contributed by atoms with Gasteiger partial charge < -0.3 is 9.47 Å². The van der Waals surface area contributed by atoms with E-state index >= 15 is 0 Å². The maximum Gasteiger partial charge on any atom is 0.328 e. The summed E-state index contributed by atoms with van der Waals surface area (Å²) in [6, 6.07) is 7.36. The first-order valence-electron chi connectivity index (χ1n) is 10.4. The molecular formula is C23H36O4. The van der Waals surface area contributed by atoms with Crippen molar-refractivity contribution in [3.63, 3.8) is 0 Å². The molecule has 0 saturated heterocycles. The van der Waals surface area contributed by atoms with Gasteiger partial charge in [-0.2, -0.15) is 0 Å². The monoisotopic (exact) mass is 376 g/mol. The molecule has 1 aromatic rings. The van der Waals surface area contributed by atoms with E-state index in [0.29, 0.717) is 12.4 Å². The zero-order valence-electron chi connectivity index (χ0n) is 17.5. The second kappa shape index (κ2) is 12.5. The second-order valence-corrected chi connectivity index (χ2v) is 7.63. The summed E-state index contributed by atoms with van der Waals surface area (Å²) >= 11 is 0. The molecule has 0 radical (unpaired) electrons. The van der Waals surface area contributed by atoms with E-state index < -0.39 is 17.4 Å². The standard InChI is InChI=1S/C23H36O4/c1-5-7-8-9-10-11-12-13-17-26-21(24)23(3,4)22(25)27-20-16-14-15-19(6-2)18-20/h14-16,18H,5-13,17H2,1-4H3. The molecule has 0 heterocycles. The van der Waals surface area contributed by atoms with E-state index in [9.17, 15) is 9.59 Å². The molecule has 0 bridgehead atoms. The Morgan fingerprint density at radius 2 is 1.52 bits per heavy atom. The Labute approximate surface area is 164 Å². The number of carbonyl (C=O) groups is 2. The average molecular weight is 377 g/mol. The van der Waals surface area contributed by atoms with Crippen molar-refractivity contribution < 1.29 is 19.1 Å². The van der Waals surface area contributed by atoms with Crippen LogP contribution in [0.4, 0.5) is 0 Å². The Hall–Kier alpha value is -1.84. The van der Waals surface area contributed by atoms with Crippen LogP contribution in [-0.4, -0.2) is 18.5 Å². The number of ether oxygens (including phenoxy) is 2. The first kappa shape index (κ1) is 23.2. The molecule has 0 aromatic heterocycles. The van der Waals surface area contributed by atoms with Crippen molar-refractivity contribution in [1.29, 1.82) is 0 Å². The van der Waals surface area contributed by atoms with Crippen LogP contribution in [-0.2, 0) is 20.7 Å². The smallest absolute Gasteiger partial charge is 0.328 e. The van der Waals surface area contributed by atoms with Crippen LogP contribution in [0.2, 0.25) is 0 Å². The summed E-state index contributed by atoms with van der Waals surface area (Å²) in [6.07, 6.45) is 10.3. The van der Waals surface area contributed by atoms with Crippen molar-refractivity contribution in [3.05, 3.63) is 29.8 Å². The number of carbonyl (C=O) groups excluding carboxylic acids is 2. The molecular weight excluding hydrogens is 340 g/mol. The van der Waals surface area contributed by atoms with E-state index in [1.807, 2.05) is 25.1 Å². The second-order valence-electron chi connectivity index (χ2n) is 7.63. The number of hydrogen-bond donors (Lipinski definition) is 0. The molecule has 0 spiro atoms. The predicted octanol–water partition coefficient (Wildman–Crippen LogP) is 5.86. The topological polar surface area (TPSA) is 52.6 Å². The van der Waals surface area contributed by atoms with Crippen molar-refractivity contribution >= 4 is 11.9 Å². The van der Waals surface area contributed by atoms with Crippen molar-refractivity contribution in [2.45, 2.75) is 85.5 Å². The summed E-state index contributed by atoms with van der Waals surface area (Å²) in [5.41, 5.74) is -0.238. The van der Waals surface area contributed by atoms with Gasteiger partial charge in [-0.05, 0) is 44.4 Å². The minimum Gasteiger partial charge on any atom is -0.465 e. The van der Waals surface area contributed by atoms with Crippen LogP contribution < -0.4 is 4.74 Å². The Morgan fingerprint density at radius 1 is 0.889 bits per heavy atom. The summed E-state index contributed by atoms with van der Waals surface area (Å²) in [4.78, 5) is 24.7. The van der Waals surface area contributed by atoms with E-state index in [-0.39, 0.29) is 0 Å². The van der Waals surface area contributed by atoms with Gasteiger partial charge in [0.1, 0.15) is 5.75 Å². The lowest BCUT2D eigenvalue weighted by Crippen LogP contribution is -2.38. The zero-order chi connectivity index (χ0) is 20.1. The minimum atomic E-state index is -1.32. The van der Waals surface area contributed by atoms with E-state index in [2.05, 4.69) is 6.92 Å². The molecule has 0 unspecified atom stereocenters. The van der Waals surface area contributed by atoms with Gasteiger partial charge in [-0.1, -0.05) is 70.9 Å². The van der Waals surface area contributed by atoms with Crippen LogP contribution in [0.25, 0.3) is 0 Å². The molecule has 0 saturated carbocycles. The zero-order valence-corrected chi connectivity index (χ0v) is 17.5. The molecule has 4 heteroatoms. The van der Waals surface area contributed by atoms with Gasteiger partial charge in [0.2, 0.25) is 0 Å². The van der Waals surface area contributed by atoms with Gasteiger partial charge in [0, 0.05) is 0 Å². The fourth-order valence-corrected chi connectivity index (χ4v) is 2.73. The predicted molar refractivity (Wildman–Crippen MR) is 109 cm³/mol. The first-order chi connectivity index (χ1) is 12.9. The summed E-state index contributed by atoms with van der Waals surface area (Å²) < 4.78 is 10.7. The van der Waals surface area contributed by atoms with Crippen molar-refractivity contribution in [2.75, 3.05) is 6.61 Å². The van der Waals surface area contributed by atoms with Crippen molar-refractivity contribution in [1.82, 2.24) is 0 Å². The molecule has 0 fully saturated rings. The molecule has 0 aliphatic rings.